The number of rotatable bonds is 2. The van der Waals surface area contributed by atoms with E-state index in [1.54, 1.807) is 0 Å². The van der Waals surface area contributed by atoms with Gasteiger partial charge in [-0.2, -0.15) is 4.39 Å². The van der Waals surface area contributed by atoms with Crippen LogP contribution in [0.1, 0.15) is 10.5 Å². The van der Waals surface area contributed by atoms with Gasteiger partial charge in [0, 0.05) is 0 Å². The molecule has 0 aliphatic rings. The van der Waals surface area contributed by atoms with E-state index >= 15 is 0 Å². The second kappa shape index (κ2) is 5.29. The summed E-state index contributed by atoms with van der Waals surface area (Å²) in [5, 5.41) is 2.81. The maximum Gasteiger partial charge on any atom is 0.275 e. The van der Waals surface area contributed by atoms with E-state index in [0.29, 0.717) is 5.69 Å². The summed E-state index contributed by atoms with van der Waals surface area (Å²) in [6.07, 6.45) is 1.19. The van der Waals surface area contributed by atoms with E-state index in [-0.39, 0.29) is 15.9 Å². The third-order valence-electron chi connectivity index (χ3n) is 2.01. The molecule has 1 amide bonds. The molecule has 7 heteroatoms. The Morgan fingerprint density at radius 3 is 2.67 bits per heavy atom. The van der Waals surface area contributed by atoms with Crippen LogP contribution in [0, 0.1) is 5.95 Å². The lowest BCUT2D eigenvalue weighted by Gasteiger charge is -2.05. The highest BCUT2D eigenvalue weighted by molar-refractivity contribution is 6.35. The van der Waals surface area contributed by atoms with Crippen LogP contribution in [0.5, 0.6) is 0 Å². The molecule has 0 bridgehead atoms. The number of hydrogen-bond acceptors (Lipinski definition) is 3. The first kappa shape index (κ1) is 12.7. The van der Waals surface area contributed by atoms with Crippen LogP contribution in [-0.2, 0) is 0 Å². The molecule has 2 heterocycles. The molecule has 0 fully saturated rings. The number of carbonyl (C=O) groups excluding carboxylic acids is 1. The molecular formula is C11H6Cl2FN3O. The summed E-state index contributed by atoms with van der Waals surface area (Å²) in [4.78, 5) is 19.1. The SMILES string of the molecule is O=C(Nc1ccc(F)nc1)c1nc(Cl)ccc1Cl. The van der Waals surface area contributed by atoms with E-state index in [1.165, 1.54) is 24.4 Å². The molecule has 0 saturated heterocycles. The Bertz CT molecular complexity index is 589. The number of anilines is 1. The lowest BCUT2D eigenvalue weighted by Crippen LogP contribution is -2.14. The summed E-state index contributed by atoms with van der Waals surface area (Å²) >= 11 is 11.5. The van der Waals surface area contributed by atoms with Gasteiger partial charge < -0.3 is 5.32 Å². The highest BCUT2D eigenvalue weighted by atomic mass is 35.5. The molecular weight excluding hydrogens is 280 g/mol. The standard InChI is InChI=1S/C11H6Cl2FN3O/c12-7-2-3-8(13)17-10(7)11(18)16-6-1-4-9(14)15-5-6/h1-5H,(H,16,18). The van der Waals surface area contributed by atoms with E-state index in [1.807, 2.05) is 0 Å². The van der Waals surface area contributed by atoms with Gasteiger partial charge in [-0.1, -0.05) is 23.2 Å². The lowest BCUT2D eigenvalue weighted by atomic mass is 10.3. The number of hydrogen-bond donors (Lipinski definition) is 1. The summed E-state index contributed by atoms with van der Waals surface area (Å²) < 4.78 is 12.6. The zero-order valence-corrected chi connectivity index (χ0v) is 10.3. The zero-order valence-electron chi connectivity index (χ0n) is 8.82. The molecule has 18 heavy (non-hydrogen) atoms. The number of aromatic nitrogens is 2. The number of amides is 1. The van der Waals surface area contributed by atoms with Gasteiger partial charge in [-0.25, -0.2) is 9.97 Å². The number of halogens is 3. The molecule has 0 unspecified atom stereocenters. The van der Waals surface area contributed by atoms with E-state index in [9.17, 15) is 9.18 Å². The van der Waals surface area contributed by atoms with Crippen LogP contribution in [0.25, 0.3) is 0 Å². The fourth-order valence-corrected chi connectivity index (χ4v) is 1.56. The normalized spacial score (nSPS) is 10.2. The molecule has 0 spiro atoms. The van der Waals surface area contributed by atoms with Crippen molar-refractivity contribution in [2.24, 2.45) is 0 Å². The fourth-order valence-electron chi connectivity index (χ4n) is 1.22. The van der Waals surface area contributed by atoms with Crippen molar-refractivity contribution in [3.63, 3.8) is 0 Å². The zero-order chi connectivity index (χ0) is 13.1. The molecule has 0 atom stereocenters. The maximum absolute atomic E-state index is 12.6. The Labute approximate surface area is 112 Å². The third-order valence-corrected chi connectivity index (χ3v) is 2.53. The number of carbonyl (C=O) groups is 1. The number of nitrogens with zero attached hydrogens (tertiary/aromatic N) is 2. The van der Waals surface area contributed by atoms with Crippen LogP contribution < -0.4 is 5.32 Å². The molecule has 2 rings (SSSR count). The average molecular weight is 286 g/mol. The summed E-state index contributed by atoms with van der Waals surface area (Å²) in [6, 6.07) is 5.44. The van der Waals surface area contributed by atoms with Gasteiger partial charge in [-0.05, 0) is 24.3 Å². The van der Waals surface area contributed by atoms with Crippen molar-refractivity contribution in [1.82, 2.24) is 9.97 Å². The van der Waals surface area contributed by atoms with Crippen LogP contribution in [0.3, 0.4) is 0 Å². The van der Waals surface area contributed by atoms with Gasteiger partial charge in [-0.15, -0.1) is 0 Å². The molecule has 0 radical (unpaired) electrons. The van der Waals surface area contributed by atoms with Gasteiger partial charge in [0.05, 0.1) is 16.9 Å². The predicted octanol–water partition coefficient (Wildman–Crippen LogP) is 3.17. The van der Waals surface area contributed by atoms with Crippen LogP contribution in [-0.4, -0.2) is 15.9 Å². The average Bonchev–Trinajstić information content (AvgIpc) is 2.35. The third kappa shape index (κ3) is 2.94. The molecule has 92 valence electrons. The largest absolute Gasteiger partial charge is 0.319 e. The summed E-state index contributed by atoms with van der Waals surface area (Å²) in [7, 11) is 0. The Kier molecular flexibility index (Phi) is 3.74. The molecule has 1 N–H and O–H groups in total. The Morgan fingerprint density at radius 1 is 1.22 bits per heavy atom. The summed E-state index contributed by atoms with van der Waals surface area (Å²) in [5.74, 6) is -1.18. The molecule has 4 nitrogen and oxygen atoms in total. The molecule has 0 aliphatic heterocycles. The van der Waals surface area contributed by atoms with Crippen LogP contribution >= 0.6 is 23.2 Å². The van der Waals surface area contributed by atoms with Crippen LogP contribution in [0.2, 0.25) is 10.2 Å². The van der Waals surface area contributed by atoms with E-state index in [2.05, 4.69) is 15.3 Å². The number of nitrogens with one attached hydrogen (secondary N) is 1. The van der Waals surface area contributed by atoms with Gasteiger partial charge >= 0.3 is 0 Å². The highest BCUT2D eigenvalue weighted by Crippen LogP contribution is 2.18. The summed E-state index contributed by atoms with van der Waals surface area (Å²) in [6.45, 7) is 0. The van der Waals surface area contributed by atoms with E-state index in [4.69, 9.17) is 23.2 Å². The van der Waals surface area contributed by atoms with Crippen molar-refractivity contribution in [3.8, 4) is 0 Å². The highest BCUT2D eigenvalue weighted by Gasteiger charge is 2.13. The topological polar surface area (TPSA) is 54.9 Å². The van der Waals surface area contributed by atoms with Crippen molar-refractivity contribution in [1.29, 1.82) is 0 Å². The van der Waals surface area contributed by atoms with Crippen molar-refractivity contribution in [2.45, 2.75) is 0 Å². The molecule has 2 aromatic heterocycles. The second-order valence-electron chi connectivity index (χ2n) is 3.29. The maximum atomic E-state index is 12.6. The first-order chi connectivity index (χ1) is 8.56. The Balaban J connectivity index is 2.21. The predicted molar refractivity (Wildman–Crippen MR) is 66.4 cm³/mol. The van der Waals surface area contributed by atoms with Gasteiger partial charge in [0.1, 0.15) is 10.8 Å². The van der Waals surface area contributed by atoms with E-state index in [0.717, 1.165) is 6.07 Å². The minimum Gasteiger partial charge on any atom is -0.319 e. The van der Waals surface area contributed by atoms with E-state index < -0.39 is 11.9 Å². The molecule has 2 aromatic rings. The number of pyridine rings is 2. The Morgan fingerprint density at radius 2 is 2.00 bits per heavy atom. The van der Waals surface area contributed by atoms with Crippen molar-refractivity contribution < 1.29 is 9.18 Å². The lowest BCUT2D eigenvalue weighted by molar-refractivity contribution is 0.102. The molecule has 0 aromatic carbocycles. The molecule has 0 saturated carbocycles. The smallest absolute Gasteiger partial charge is 0.275 e. The van der Waals surface area contributed by atoms with Crippen LogP contribution in [0.15, 0.2) is 30.5 Å². The minimum absolute atomic E-state index is 0.00603. The fraction of sp³-hybridized carbons (Fsp3) is 0. The van der Waals surface area contributed by atoms with Gasteiger partial charge in [0.25, 0.3) is 5.91 Å². The van der Waals surface area contributed by atoms with Gasteiger partial charge in [-0.3, -0.25) is 4.79 Å². The quantitative estimate of drug-likeness (QED) is 0.863. The second-order valence-corrected chi connectivity index (χ2v) is 4.08. The Hall–Kier alpha value is -1.72. The first-order valence-electron chi connectivity index (χ1n) is 4.81. The van der Waals surface area contributed by atoms with Crippen molar-refractivity contribution in [2.75, 3.05) is 5.32 Å². The van der Waals surface area contributed by atoms with Crippen molar-refractivity contribution in [3.05, 3.63) is 52.3 Å². The minimum atomic E-state index is -0.632. The van der Waals surface area contributed by atoms with Gasteiger partial charge in [0.15, 0.2) is 0 Å². The monoisotopic (exact) mass is 285 g/mol. The summed E-state index contributed by atoms with van der Waals surface area (Å²) in [5.41, 5.74) is 0.327. The van der Waals surface area contributed by atoms with Crippen LogP contribution in [0.4, 0.5) is 10.1 Å². The first-order valence-corrected chi connectivity index (χ1v) is 5.57. The van der Waals surface area contributed by atoms with Crippen molar-refractivity contribution >= 4 is 34.8 Å². The molecule has 0 aliphatic carbocycles. The van der Waals surface area contributed by atoms with Gasteiger partial charge in [0.2, 0.25) is 5.95 Å².